The van der Waals surface area contributed by atoms with E-state index in [4.69, 9.17) is 9.84 Å². The number of halogens is 1. The molecule has 0 heterocycles. The molecule has 116 valence electrons. The highest BCUT2D eigenvalue weighted by Gasteiger charge is 2.19. The first-order chi connectivity index (χ1) is 9.93. The third-order valence-corrected chi connectivity index (χ3v) is 4.06. The molecule has 0 saturated carbocycles. The van der Waals surface area contributed by atoms with Crippen LogP contribution in [0.15, 0.2) is 29.2 Å². The number of hydrogen-bond acceptors (Lipinski definition) is 4. The minimum absolute atomic E-state index is 0.0732. The number of rotatable bonds is 8. The van der Waals surface area contributed by atoms with Crippen LogP contribution in [0.25, 0.3) is 0 Å². The normalized spacial score (nSPS) is 13.5. The zero-order valence-electron chi connectivity index (χ0n) is 11.8. The summed E-state index contributed by atoms with van der Waals surface area (Å²) in [6.07, 6.45) is -1.05. The van der Waals surface area contributed by atoms with Crippen LogP contribution in [0.1, 0.15) is 6.92 Å². The summed E-state index contributed by atoms with van der Waals surface area (Å²) in [7, 11) is 1.28. The molecule has 0 radical (unpaired) electrons. The number of thioether (sulfide) groups is 1. The highest BCUT2D eigenvalue weighted by molar-refractivity contribution is 7.99. The van der Waals surface area contributed by atoms with Gasteiger partial charge in [-0.3, -0.25) is 4.79 Å². The van der Waals surface area contributed by atoms with E-state index in [0.29, 0.717) is 5.75 Å². The van der Waals surface area contributed by atoms with Crippen molar-refractivity contribution in [1.29, 1.82) is 0 Å². The van der Waals surface area contributed by atoms with Crippen molar-refractivity contribution < 1.29 is 23.8 Å². The summed E-state index contributed by atoms with van der Waals surface area (Å²) in [5, 5.41) is 11.3. The lowest BCUT2D eigenvalue weighted by atomic mass is 10.2. The minimum Gasteiger partial charge on any atom is -0.479 e. The maximum Gasteiger partial charge on any atom is 0.334 e. The van der Waals surface area contributed by atoms with Gasteiger partial charge in [-0.25, -0.2) is 9.18 Å². The zero-order valence-corrected chi connectivity index (χ0v) is 12.7. The van der Waals surface area contributed by atoms with Gasteiger partial charge in [0.05, 0.1) is 6.54 Å². The van der Waals surface area contributed by atoms with Crippen molar-refractivity contribution in [1.82, 2.24) is 5.32 Å². The van der Waals surface area contributed by atoms with Crippen molar-refractivity contribution in [2.45, 2.75) is 17.9 Å². The van der Waals surface area contributed by atoms with Crippen LogP contribution < -0.4 is 5.32 Å². The molecule has 2 atom stereocenters. The number of methoxy groups -OCH3 is 1. The van der Waals surface area contributed by atoms with E-state index in [1.165, 1.54) is 31.0 Å². The van der Waals surface area contributed by atoms with Gasteiger partial charge in [-0.1, -0.05) is 6.92 Å². The molecule has 0 aliphatic rings. The molecule has 2 N–H and O–H groups in total. The molecule has 2 unspecified atom stereocenters. The highest BCUT2D eigenvalue weighted by atomic mass is 32.2. The molecule has 0 spiro atoms. The van der Waals surface area contributed by atoms with E-state index in [9.17, 15) is 14.0 Å². The zero-order chi connectivity index (χ0) is 15.8. The molecule has 1 aromatic rings. The second kappa shape index (κ2) is 8.63. The van der Waals surface area contributed by atoms with Gasteiger partial charge in [-0.2, -0.15) is 0 Å². The van der Waals surface area contributed by atoms with Crippen LogP contribution in [0.2, 0.25) is 0 Å². The predicted molar refractivity (Wildman–Crippen MR) is 77.7 cm³/mol. The smallest absolute Gasteiger partial charge is 0.334 e. The molecule has 0 aromatic heterocycles. The summed E-state index contributed by atoms with van der Waals surface area (Å²) in [6.45, 7) is 1.67. The molecule has 0 saturated heterocycles. The SMILES string of the molecule is COC(CNC(=O)C(C)CSc1ccc(F)cc1)C(=O)O. The Bertz CT molecular complexity index is 480. The third kappa shape index (κ3) is 6.14. The molecule has 7 heteroatoms. The van der Waals surface area contributed by atoms with Crippen LogP contribution in [0.4, 0.5) is 4.39 Å². The van der Waals surface area contributed by atoms with Gasteiger partial charge in [0, 0.05) is 23.7 Å². The Labute approximate surface area is 126 Å². The standard InChI is InChI=1S/C14H18FNO4S/c1-9(8-21-11-5-3-10(15)4-6-11)13(17)16-7-12(20-2)14(18)19/h3-6,9,12H,7-8H2,1-2H3,(H,16,17)(H,18,19). The van der Waals surface area contributed by atoms with E-state index in [2.05, 4.69) is 5.32 Å². The number of carbonyl (C=O) groups excluding carboxylic acids is 1. The molecule has 1 aromatic carbocycles. The molecular weight excluding hydrogens is 297 g/mol. The first-order valence-electron chi connectivity index (χ1n) is 6.35. The van der Waals surface area contributed by atoms with Gasteiger partial charge in [0.25, 0.3) is 0 Å². The molecule has 1 rings (SSSR count). The van der Waals surface area contributed by atoms with Gasteiger partial charge >= 0.3 is 5.97 Å². The monoisotopic (exact) mass is 315 g/mol. The van der Waals surface area contributed by atoms with E-state index in [1.54, 1.807) is 19.1 Å². The van der Waals surface area contributed by atoms with Crippen LogP contribution in [-0.4, -0.2) is 42.5 Å². The lowest BCUT2D eigenvalue weighted by Crippen LogP contribution is -2.40. The molecular formula is C14H18FNO4S. The van der Waals surface area contributed by atoms with Crippen molar-refractivity contribution in [2.75, 3.05) is 19.4 Å². The third-order valence-electron chi connectivity index (χ3n) is 2.78. The van der Waals surface area contributed by atoms with Crippen LogP contribution >= 0.6 is 11.8 Å². The fourth-order valence-electron chi connectivity index (χ4n) is 1.47. The Morgan fingerprint density at radius 1 is 1.38 bits per heavy atom. The molecule has 0 aliphatic carbocycles. The van der Waals surface area contributed by atoms with Crippen molar-refractivity contribution in [3.63, 3.8) is 0 Å². The summed E-state index contributed by atoms with van der Waals surface area (Å²) in [5.74, 6) is -1.45. The Balaban J connectivity index is 2.37. The van der Waals surface area contributed by atoms with Crippen LogP contribution in [0.5, 0.6) is 0 Å². The maximum atomic E-state index is 12.8. The summed E-state index contributed by atoms with van der Waals surface area (Å²) in [6, 6.07) is 6.03. The minimum atomic E-state index is -1.12. The molecule has 0 aliphatic heterocycles. The van der Waals surface area contributed by atoms with E-state index in [-0.39, 0.29) is 24.2 Å². The van der Waals surface area contributed by atoms with Crippen molar-refractivity contribution in [3.8, 4) is 0 Å². The summed E-state index contributed by atoms with van der Waals surface area (Å²) < 4.78 is 17.5. The number of hydrogen-bond donors (Lipinski definition) is 2. The van der Waals surface area contributed by atoms with Gasteiger partial charge in [0.2, 0.25) is 5.91 Å². The predicted octanol–water partition coefficient (Wildman–Crippen LogP) is 1.77. The number of carboxylic acid groups (broad SMARTS) is 1. The lowest BCUT2D eigenvalue weighted by molar-refractivity contribution is -0.148. The van der Waals surface area contributed by atoms with Gasteiger partial charge in [-0.15, -0.1) is 11.8 Å². The number of ether oxygens (including phenoxy) is 1. The Hall–Kier alpha value is -1.60. The maximum absolute atomic E-state index is 12.8. The molecule has 5 nitrogen and oxygen atoms in total. The first-order valence-corrected chi connectivity index (χ1v) is 7.34. The summed E-state index contributed by atoms with van der Waals surface area (Å²) in [5.41, 5.74) is 0. The number of amides is 1. The first kappa shape index (κ1) is 17.5. The second-order valence-electron chi connectivity index (χ2n) is 4.47. The number of aliphatic carboxylic acids is 1. The Morgan fingerprint density at radius 2 is 2.00 bits per heavy atom. The highest BCUT2D eigenvalue weighted by Crippen LogP contribution is 2.20. The van der Waals surface area contributed by atoms with Gasteiger partial charge in [-0.05, 0) is 24.3 Å². The number of carboxylic acids is 1. The summed E-state index contributed by atoms with van der Waals surface area (Å²) >= 11 is 1.44. The fraction of sp³-hybridized carbons (Fsp3) is 0.429. The number of nitrogens with one attached hydrogen (secondary N) is 1. The Morgan fingerprint density at radius 3 is 2.52 bits per heavy atom. The average molecular weight is 315 g/mol. The quantitative estimate of drug-likeness (QED) is 0.715. The molecule has 0 fully saturated rings. The second-order valence-corrected chi connectivity index (χ2v) is 5.57. The fourth-order valence-corrected chi connectivity index (χ4v) is 2.39. The van der Waals surface area contributed by atoms with E-state index >= 15 is 0 Å². The average Bonchev–Trinajstić information content (AvgIpc) is 2.46. The topological polar surface area (TPSA) is 75.6 Å². The molecule has 1 amide bonds. The Kier molecular flexibility index (Phi) is 7.18. The molecule has 21 heavy (non-hydrogen) atoms. The van der Waals surface area contributed by atoms with E-state index in [1.807, 2.05) is 0 Å². The van der Waals surface area contributed by atoms with Crippen molar-refractivity contribution in [2.24, 2.45) is 5.92 Å². The largest absolute Gasteiger partial charge is 0.479 e. The number of benzene rings is 1. The van der Waals surface area contributed by atoms with E-state index < -0.39 is 12.1 Å². The summed E-state index contributed by atoms with van der Waals surface area (Å²) in [4.78, 5) is 23.4. The number of carbonyl (C=O) groups is 2. The van der Waals surface area contributed by atoms with Gasteiger partial charge in [0.15, 0.2) is 6.10 Å². The van der Waals surface area contributed by atoms with Crippen LogP contribution in [0.3, 0.4) is 0 Å². The van der Waals surface area contributed by atoms with Gasteiger partial charge in [0.1, 0.15) is 5.82 Å². The van der Waals surface area contributed by atoms with Crippen LogP contribution in [0, 0.1) is 11.7 Å². The molecule has 0 bridgehead atoms. The van der Waals surface area contributed by atoms with Crippen LogP contribution in [-0.2, 0) is 14.3 Å². The lowest BCUT2D eigenvalue weighted by Gasteiger charge is -2.15. The van der Waals surface area contributed by atoms with Crippen molar-refractivity contribution in [3.05, 3.63) is 30.1 Å². The van der Waals surface area contributed by atoms with Crippen molar-refractivity contribution >= 4 is 23.6 Å². The van der Waals surface area contributed by atoms with E-state index in [0.717, 1.165) is 4.90 Å². The van der Waals surface area contributed by atoms with Gasteiger partial charge < -0.3 is 15.2 Å².